The highest BCUT2D eigenvalue weighted by Crippen LogP contribution is 2.39. The van der Waals surface area contributed by atoms with Crippen molar-refractivity contribution in [3.63, 3.8) is 0 Å². The van der Waals surface area contributed by atoms with Crippen LogP contribution in [-0.2, 0) is 4.74 Å². The SMILES string of the molecule is COC1CCC(NC2CCC(C)(C)CC2C)C1. The van der Waals surface area contributed by atoms with Gasteiger partial charge in [0.25, 0.3) is 0 Å². The maximum absolute atomic E-state index is 5.45. The normalized spacial score (nSPS) is 41.6. The number of ether oxygens (including phenoxy) is 1. The summed E-state index contributed by atoms with van der Waals surface area (Å²) in [4.78, 5) is 0. The third kappa shape index (κ3) is 3.45. The van der Waals surface area contributed by atoms with Gasteiger partial charge in [0.2, 0.25) is 0 Å². The first-order chi connectivity index (χ1) is 8.00. The third-order valence-corrected chi connectivity index (χ3v) is 4.86. The van der Waals surface area contributed by atoms with E-state index in [0.29, 0.717) is 17.6 Å². The van der Waals surface area contributed by atoms with Crippen LogP contribution < -0.4 is 5.32 Å². The van der Waals surface area contributed by atoms with Gasteiger partial charge in [-0.15, -0.1) is 0 Å². The van der Waals surface area contributed by atoms with Gasteiger partial charge in [-0.1, -0.05) is 20.8 Å². The van der Waals surface area contributed by atoms with Crippen LogP contribution in [0.4, 0.5) is 0 Å². The lowest BCUT2D eigenvalue weighted by molar-refractivity contribution is 0.102. The summed E-state index contributed by atoms with van der Waals surface area (Å²) in [5, 5.41) is 3.89. The van der Waals surface area contributed by atoms with E-state index in [4.69, 9.17) is 4.74 Å². The Morgan fingerprint density at radius 3 is 2.53 bits per heavy atom. The topological polar surface area (TPSA) is 21.3 Å². The van der Waals surface area contributed by atoms with Crippen LogP contribution in [0.25, 0.3) is 0 Å². The summed E-state index contributed by atoms with van der Waals surface area (Å²) in [7, 11) is 1.85. The van der Waals surface area contributed by atoms with E-state index in [2.05, 4.69) is 26.1 Å². The van der Waals surface area contributed by atoms with Gasteiger partial charge in [0.1, 0.15) is 0 Å². The lowest BCUT2D eigenvalue weighted by Gasteiger charge is -2.40. The van der Waals surface area contributed by atoms with E-state index in [1.165, 1.54) is 38.5 Å². The van der Waals surface area contributed by atoms with Crippen molar-refractivity contribution in [2.75, 3.05) is 7.11 Å². The highest BCUT2D eigenvalue weighted by atomic mass is 16.5. The molecule has 4 unspecified atom stereocenters. The lowest BCUT2D eigenvalue weighted by atomic mass is 9.70. The molecule has 0 amide bonds. The molecule has 0 heterocycles. The fourth-order valence-corrected chi connectivity index (χ4v) is 3.80. The van der Waals surface area contributed by atoms with Gasteiger partial charge >= 0.3 is 0 Å². The molecular weight excluding hydrogens is 210 g/mol. The molecule has 0 radical (unpaired) electrons. The Morgan fingerprint density at radius 2 is 1.94 bits per heavy atom. The molecule has 1 N–H and O–H groups in total. The Kier molecular flexibility index (Phi) is 4.14. The van der Waals surface area contributed by atoms with Crippen molar-refractivity contribution in [1.29, 1.82) is 0 Å². The number of hydrogen-bond acceptors (Lipinski definition) is 2. The van der Waals surface area contributed by atoms with Crippen LogP contribution in [0.1, 0.15) is 59.3 Å². The summed E-state index contributed by atoms with van der Waals surface area (Å²) in [5.74, 6) is 0.820. The maximum atomic E-state index is 5.45. The lowest BCUT2D eigenvalue weighted by Crippen LogP contribution is -2.45. The van der Waals surface area contributed by atoms with E-state index in [1.54, 1.807) is 0 Å². The van der Waals surface area contributed by atoms with Crippen LogP contribution in [0.5, 0.6) is 0 Å². The van der Waals surface area contributed by atoms with Crippen molar-refractivity contribution in [2.45, 2.75) is 77.5 Å². The molecule has 100 valence electrons. The van der Waals surface area contributed by atoms with Gasteiger partial charge in [0.05, 0.1) is 6.10 Å². The van der Waals surface area contributed by atoms with E-state index in [-0.39, 0.29) is 0 Å². The summed E-state index contributed by atoms with van der Waals surface area (Å²) < 4.78 is 5.45. The molecule has 2 nitrogen and oxygen atoms in total. The first kappa shape index (κ1) is 13.4. The van der Waals surface area contributed by atoms with E-state index in [0.717, 1.165) is 12.0 Å². The Balaban J connectivity index is 1.80. The minimum atomic E-state index is 0.503. The molecule has 2 aliphatic rings. The minimum absolute atomic E-state index is 0.503. The van der Waals surface area contributed by atoms with Crippen LogP contribution in [0.15, 0.2) is 0 Å². The fraction of sp³-hybridized carbons (Fsp3) is 1.00. The van der Waals surface area contributed by atoms with Crippen molar-refractivity contribution in [3.8, 4) is 0 Å². The zero-order valence-corrected chi connectivity index (χ0v) is 12.0. The van der Waals surface area contributed by atoms with Gasteiger partial charge in [0.15, 0.2) is 0 Å². The highest BCUT2D eigenvalue weighted by Gasteiger charge is 2.34. The van der Waals surface area contributed by atoms with Crippen LogP contribution in [0.2, 0.25) is 0 Å². The molecule has 0 bridgehead atoms. The van der Waals surface area contributed by atoms with Crippen molar-refractivity contribution in [3.05, 3.63) is 0 Å². The quantitative estimate of drug-likeness (QED) is 0.815. The average Bonchev–Trinajstić information content (AvgIpc) is 2.69. The number of methoxy groups -OCH3 is 1. The fourth-order valence-electron chi connectivity index (χ4n) is 3.80. The molecule has 0 aromatic heterocycles. The zero-order chi connectivity index (χ0) is 12.5. The number of hydrogen-bond donors (Lipinski definition) is 1. The Morgan fingerprint density at radius 1 is 1.18 bits per heavy atom. The van der Waals surface area contributed by atoms with Gasteiger partial charge in [-0.2, -0.15) is 0 Å². The molecule has 0 aliphatic heterocycles. The average molecular weight is 239 g/mol. The molecule has 2 saturated carbocycles. The molecule has 4 atom stereocenters. The summed E-state index contributed by atoms with van der Waals surface area (Å²) in [5.41, 5.74) is 0.558. The monoisotopic (exact) mass is 239 g/mol. The predicted molar refractivity (Wildman–Crippen MR) is 72.2 cm³/mol. The molecule has 0 spiro atoms. The first-order valence-electron chi connectivity index (χ1n) is 7.29. The first-order valence-corrected chi connectivity index (χ1v) is 7.29. The molecule has 0 aromatic rings. The minimum Gasteiger partial charge on any atom is -0.381 e. The van der Waals surface area contributed by atoms with E-state index in [1.807, 2.05) is 7.11 Å². The maximum Gasteiger partial charge on any atom is 0.0586 e. The van der Waals surface area contributed by atoms with Gasteiger partial charge in [0, 0.05) is 19.2 Å². The highest BCUT2D eigenvalue weighted by molar-refractivity contribution is 4.91. The summed E-state index contributed by atoms with van der Waals surface area (Å²) in [6, 6.07) is 1.44. The second kappa shape index (κ2) is 5.27. The molecule has 17 heavy (non-hydrogen) atoms. The van der Waals surface area contributed by atoms with Crippen LogP contribution >= 0.6 is 0 Å². The van der Waals surface area contributed by atoms with Gasteiger partial charge < -0.3 is 10.1 Å². The molecule has 2 rings (SSSR count). The van der Waals surface area contributed by atoms with Crippen molar-refractivity contribution in [1.82, 2.24) is 5.32 Å². The number of nitrogens with one attached hydrogen (secondary N) is 1. The second-order valence-corrected chi connectivity index (χ2v) is 7.03. The van der Waals surface area contributed by atoms with E-state index >= 15 is 0 Å². The Bertz CT molecular complexity index is 251. The van der Waals surface area contributed by atoms with Crippen LogP contribution in [0, 0.1) is 11.3 Å². The Hall–Kier alpha value is -0.0800. The van der Waals surface area contributed by atoms with Crippen LogP contribution in [0.3, 0.4) is 0 Å². The second-order valence-electron chi connectivity index (χ2n) is 7.03. The molecule has 0 saturated heterocycles. The van der Waals surface area contributed by atoms with Crippen molar-refractivity contribution in [2.24, 2.45) is 11.3 Å². The van der Waals surface area contributed by atoms with E-state index < -0.39 is 0 Å². The van der Waals surface area contributed by atoms with Crippen molar-refractivity contribution >= 4 is 0 Å². The standard InChI is InChI=1S/C15H29NO/c1-11-10-15(2,3)8-7-14(11)16-12-5-6-13(9-12)17-4/h11-14,16H,5-10H2,1-4H3. The smallest absolute Gasteiger partial charge is 0.0586 e. The van der Waals surface area contributed by atoms with Crippen molar-refractivity contribution < 1.29 is 4.74 Å². The predicted octanol–water partition coefficient (Wildman–Crippen LogP) is 3.36. The van der Waals surface area contributed by atoms with E-state index in [9.17, 15) is 0 Å². The summed E-state index contributed by atoms with van der Waals surface area (Å²) in [6.07, 6.45) is 8.33. The largest absolute Gasteiger partial charge is 0.381 e. The Labute approximate surface area is 107 Å². The number of rotatable bonds is 3. The molecule has 0 aromatic carbocycles. The third-order valence-electron chi connectivity index (χ3n) is 4.86. The summed E-state index contributed by atoms with van der Waals surface area (Å²) in [6.45, 7) is 7.24. The van der Waals surface area contributed by atoms with Crippen LogP contribution in [-0.4, -0.2) is 25.3 Å². The molecule has 2 fully saturated rings. The zero-order valence-electron chi connectivity index (χ0n) is 12.0. The van der Waals surface area contributed by atoms with Gasteiger partial charge in [-0.25, -0.2) is 0 Å². The van der Waals surface area contributed by atoms with Gasteiger partial charge in [-0.3, -0.25) is 0 Å². The molecule has 2 heteroatoms. The van der Waals surface area contributed by atoms with Gasteiger partial charge in [-0.05, 0) is 49.9 Å². The molecule has 2 aliphatic carbocycles. The molecular formula is C15H29NO. The summed E-state index contributed by atoms with van der Waals surface area (Å²) >= 11 is 0.